The molecular weight excluding hydrogens is 327 g/mol. The molecule has 2 rings (SSSR count). The quantitative estimate of drug-likeness (QED) is 0.872. The van der Waals surface area contributed by atoms with Crippen LogP contribution in [0.5, 0.6) is 0 Å². The van der Waals surface area contributed by atoms with Crippen molar-refractivity contribution in [3.8, 4) is 0 Å². The van der Waals surface area contributed by atoms with Crippen LogP contribution < -0.4 is 0 Å². The van der Waals surface area contributed by atoms with E-state index in [2.05, 4.69) is 0 Å². The van der Waals surface area contributed by atoms with Crippen molar-refractivity contribution in [1.82, 2.24) is 9.80 Å². The minimum absolute atomic E-state index is 0.0704. The lowest BCUT2D eigenvalue weighted by Gasteiger charge is -2.34. The molecule has 1 heterocycles. The lowest BCUT2D eigenvalue weighted by atomic mass is 10.1. The SMILES string of the molecule is CN(CC(=O)O)C[C@H]1CN(C(=O)c2ccc(F)cc2Cl)CCO1. The Morgan fingerprint density at radius 2 is 2.26 bits per heavy atom. The van der Waals surface area contributed by atoms with Gasteiger partial charge in [-0.25, -0.2) is 4.39 Å². The molecular formula is C15H18ClFN2O4. The number of carboxylic acid groups (broad SMARTS) is 1. The van der Waals surface area contributed by atoms with E-state index in [0.717, 1.165) is 6.07 Å². The van der Waals surface area contributed by atoms with E-state index in [9.17, 15) is 14.0 Å². The number of amides is 1. The van der Waals surface area contributed by atoms with Crippen molar-refractivity contribution < 1.29 is 23.8 Å². The maximum Gasteiger partial charge on any atom is 0.317 e. The number of morpholine rings is 1. The number of carbonyl (C=O) groups excluding carboxylic acids is 1. The Hall–Kier alpha value is -1.70. The molecule has 1 amide bonds. The first-order valence-electron chi connectivity index (χ1n) is 7.13. The molecule has 1 fully saturated rings. The van der Waals surface area contributed by atoms with Crippen molar-refractivity contribution in [2.24, 2.45) is 0 Å². The zero-order chi connectivity index (χ0) is 17.0. The van der Waals surface area contributed by atoms with Gasteiger partial charge in [0.1, 0.15) is 5.82 Å². The molecule has 1 aliphatic rings. The van der Waals surface area contributed by atoms with Gasteiger partial charge in [0.05, 0.1) is 29.8 Å². The van der Waals surface area contributed by atoms with Gasteiger partial charge in [0.25, 0.3) is 5.91 Å². The molecule has 1 aromatic carbocycles. The van der Waals surface area contributed by atoms with E-state index in [4.69, 9.17) is 21.4 Å². The number of nitrogens with zero attached hydrogens (tertiary/aromatic N) is 2. The third kappa shape index (κ3) is 4.89. The number of benzene rings is 1. The number of carboxylic acids is 1. The Morgan fingerprint density at radius 3 is 2.91 bits per heavy atom. The van der Waals surface area contributed by atoms with Gasteiger partial charge in [-0.3, -0.25) is 14.5 Å². The third-order valence-electron chi connectivity index (χ3n) is 3.51. The first-order chi connectivity index (χ1) is 10.9. The predicted molar refractivity (Wildman–Crippen MR) is 82.2 cm³/mol. The van der Waals surface area contributed by atoms with Crippen LogP contribution in [0.3, 0.4) is 0 Å². The molecule has 0 aromatic heterocycles. The lowest BCUT2D eigenvalue weighted by molar-refractivity contribution is -0.138. The zero-order valence-electron chi connectivity index (χ0n) is 12.7. The topological polar surface area (TPSA) is 70.1 Å². The first-order valence-corrected chi connectivity index (χ1v) is 7.51. The Kier molecular flexibility index (Phi) is 5.92. The molecule has 0 radical (unpaired) electrons. The van der Waals surface area contributed by atoms with Gasteiger partial charge < -0.3 is 14.7 Å². The van der Waals surface area contributed by atoms with Crippen LogP contribution in [0.1, 0.15) is 10.4 Å². The highest BCUT2D eigenvalue weighted by Crippen LogP contribution is 2.20. The average Bonchev–Trinajstić information content (AvgIpc) is 2.46. The zero-order valence-corrected chi connectivity index (χ0v) is 13.4. The van der Waals surface area contributed by atoms with Gasteiger partial charge in [0.2, 0.25) is 0 Å². The van der Waals surface area contributed by atoms with Gasteiger partial charge in [-0.15, -0.1) is 0 Å². The van der Waals surface area contributed by atoms with E-state index in [0.29, 0.717) is 26.2 Å². The Labute approximate surface area is 138 Å². The van der Waals surface area contributed by atoms with Crippen LogP contribution in [-0.2, 0) is 9.53 Å². The van der Waals surface area contributed by atoms with E-state index < -0.39 is 11.8 Å². The summed E-state index contributed by atoms with van der Waals surface area (Å²) in [6.45, 7) is 1.39. The van der Waals surface area contributed by atoms with Crippen molar-refractivity contribution in [1.29, 1.82) is 0 Å². The van der Waals surface area contributed by atoms with Gasteiger partial charge in [0, 0.05) is 19.6 Å². The molecule has 1 atom stereocenters. The largest absolute Gasteiger partial charge is 0.480 e. The van der Waals surface area contributed by atoms with Crippen LogP contribution in [0.15, 0.2) is 18.2 Å². The van der Waals surface area contributed by atoms with Crippen LogP contribution in [0.4, 0.5) is 4.39 Å². The molecule has 23 heavy (non-hydrogen) atoms. The second-order valence-corrected chi connectivity index (χ2v) is 5.87. The molecule has 1 N–H and O–H groups in total. The van der Waals surface area contributed by atoms with Crippen molar-refractivity contribution in [2.75, 3.05) is 39.8 Å². The number of halogens is 2. The molecule has 126 valence electrons. The summed E-state index contributed by atoms with van der Waals surface area (Å²) in [6.07, 6.45) is -0.281. The fourth-order valence-corrected chi connectivity index (χ4v) is 2.74. The molecule has 6 nitrogen and oxygen atoms in total. The summed E-state index contributed by atoms with van der Waals surface area (Å²) in [4.78, 5) is 26.4. The molecule has 0 spiro atoms. The maximum absolute atomic E-state index is 13.1. The number of hydrogen-bond acceptors (Lipinski definition) is 4. The van der Waals surface area contributed by atoms with Gasteiger partial charge in [0.15, 0.2) is 0 Å². The van der Waals surface area contributed by atoms with Crippen LogP contribution in [0, 0.1) is 5.82 Å². The van der Waals surface area contributed by atoms with Crippen LogP contribution in [-0.4, -0.2) is 72.7 Å². The molecule has 1 aromatic rings. The Balaban J connectivity index is 2.00. The van der Waals surface area contributed by atoms with Gasteiger partial charge in [-0.05, 0) is 25.2 Å². The average molecular weight is 345 g/mol. The van der Waals surface area contributed by atoms with E-state index in [-0.39, 0.29) is 29.1 Å². The Morgan fingerprint density at radius 1 is 1.52 bits per heavy atom. The fraction of sp³-hybridized carbons (Fsp3) is 0.467. The highest BCUT2D eigenvalue weighted by molar-refractivity contribution is 6.33. The van der Waals surface area contributed by atoms with E-state index >= 15 is 0 Å². The second kappa shape index (κ2) is 7.72. The maximum atomic E-state index is 13.1. The number of carbonyl (C=O) groups is 2. The predicted octanol–water partition coefficient (Wildman–Crippen LogP) is 1.34. The first kappa shape index (κ1) is 17.7. The van der Waals surface area contributed by atoms with Gasteiger partial charge in [-0.1, -0.05) is 11.6 Å². The number of hydrogen-bond donors (Lipinski definition) is 1. The fourth-order valence-electron chi connectivity index (χ4n) is 2.49. The minimum Gasteiger partial charge on any atom is -0.480 e. The number of aliphatic carboxylic acids is 1. The van der Waals surface area contributed by atoms with E-state index in [1.54, 1.807) is 16.8 Å². The summed E-state index contributed by atoms with van der Waals surface area (Å²) >= 11 is 5.93. The monoisotopic (exact) mass is 344 g/mol. The molecule has 0 saturated carbocycles. The molecule has 0 aliphatic carbocycles. The molecule has 1 saturated heterocycles. The van der Waals surface area contributed by atoms with E-state index in [1.807, 2.05) is 0 Å². The highest BCUT2D eigenvalue weighted by atomic mass is 35.5. The summed E-state index contributed by atoms with van der Waals surface area (Å²) < 4.78 is 18.7. The van der Waals surface area contributed by atoms with Crippen LogP contribution in [0.25, 0.3) is 0 Å². The summed E-state index contributed by atoms with van der Waals surface area (Å²) in [5, 5.41) is 8.83. The summed E-state index contributed by atoms with van der Waals surface area (Å²) in [6, 6.07) is 3.66. The lowest BCUT2D eigenvalue weighted by Crippen LogP contribution is -2.49. The minimum atomic E-state index is -0.922. The van der Waals surface area contributed by atoms with Crippen molar-refractivity contribution in [2.45, 2.75) is 6.10 Å². The van der Waals surface area contributed by atoms with Gasteiger partial charge in [-0.2, -0.15) is 0 Å². The standard InChI is InChI=1S/C15H18ClFN2O4/c1-18(9-14(20)21)7-11-8-19(4-5-23-11)15(22)12-3-2-10(17)6-13(12)16/h2-3,6,11H,4-5,7-9H2,1H3,(H,20,21)/t11-/m0/s1. The third-order valence-corrected chi connectivity index (χ3v) is 3.82. The van der Waals surface area contributed by atoms with Crippen LogP contribution in [0.2, 0.25) is 5.02 Å². The highest BCUT2D eigenvalue weighted by Gasteiger charge is 2.27. The second-order valence-electron chi connectivity index (χ2n) is 5.46. The molecule has 1 aliphatic heterocycles. The van der Waals surface area contributed by atoms with Crippen molar-refractivity contribution in [3.63, 3.8) is 0 Å². The molecule has 0 bridgehead atoms. The summed E-state index contributed by atoms with van der Waals surface area (Å²) in [5.74, 6) is -1.71. The molecule has 0 unspecified atom stereocenters. The normalized spacial score (nSPS) is 18.3. The van der Waals surface area contributed by atoms with Crippen molar-refractivity contribution >= 4 is 23.5 Å². The summed E-state index contributed by atoms with van der Waals surface area (Å²) in [7, 11) is 1.68. The number of rotatable bonds is 5. The number of ether oxygens (including phenoxy) is 1. The van der Waals surface area contributed by atoms with Crippen LogP contribution >= 0.6 is 11.6 Å². The Bertz CT molecular complexity index is 599. The number of likely N-dealkylation sites (N-methyl/N-ethyl adjacent to an activating group) is 1. The summed E-state index contributed by atoms with van der Waals surface area (Å²) in [5.41, 5.74) is 0.243. The molecule has 8 heteroatoms. The van der Waals surface area contributed by atoms with E-state index in [1.165, 1.54) is 12.1 Å². The van der Waals surface area contributed by atoms with Gasteiger partial charge >= 0.3 is 5.97 Å². The van der Waals surface area contributed by atoms with Crippen molar-refractivity contribution in [3.05, 3.63) is 34.6 Å². The smallest absolute Gasteiger partial charge is 0.317 e.